The Morgan fingerprint density at radius 2 is 1.80 bits per heavy atom. The van der Waals surface area contributed by atoms with E-state index in [9.17, 15) is 4.39 Å². The van der Waals surface area contributed by atoms with E-state index in [2.05, 4.69) is 4.98 Å². The van der Waals surface area contributed by atoms with Crippen molar-refractivity contribution in [3.05, 3.63) is 65.1 Å². The molecule has 1 heterocycles. The first-order valence-electron chi connectivity index (χ1n) is 6.13. The van der Waals surface area contributed by atoms with Crippen molar-refractivity contribution in [2.24, 2.45) is 0 Å². The second-order valence-corrected chi connectivity index (χ2v) is 5.89. The first-order chi connectivity index (χ1) is 9.63. The van der Waals surface area contributed by atoms with Crippen LogP contribution in [0.5, 0.6) is 0 Å². The number of benzene rings is 2. The van der Waals surface area contributed by atoms with E-state index in [1.54, 1.807) is 23.5 Å². The Morgan fingerprint density at radius 1 is 1.05 bits per heavy atom. The van der Waals surface area contributed by atoms with Crippen LogP contribution in [0, 0.1) is 12.7 Å². The van der Waals surface area contributed by atoms with Crippen LogP contribution < -0.4 is 0 Å². The van der Waals surface area contributed by atoms with Gasteiger partial charge in [-0.15, -0.1) is 11.3 Å². The molecule has 0 atom stereocenters. The van der Waals surface area contributed by atoms with E-state index in [4.69, 9.17) is 11.6 Å². The van der Waals surface area contributed by atoms with Gasteiger partial charge in [-0.3, -0.25) is 0 Å². The molecule has 0 aliphatic rings. The van der Waals surface area contributed by atoms with Crippen LogP contribution in [-0.4, -0.2) is 4.98 Å². The molecule has 0 unspecified atom stereocenters. The summed E-state index contributed by atoms with van der Waals surface area (Å²) in [5.41, 5.74) is 2.92. The fraction of sp³-hybridized carbons (Fsp3) is 0.0625. The summed E-state index contributed by atoms with van der Waals surface area (Å²) in [6, 6.07) is 14.1. The number of hydrogen-bond acceptors (Lipinski definition) is 2. The van der Waals surface area contributed by atoms with Gasteiger partial charge in [0.2, 0.25) is 0 Å². The highest BCUT2D eigenvalue weighted by Gasteiger charge is 2.11. The van der Waals surface area contributed by atoms with Crippen LogP contribution in [0.15, 0.2) is 48.5 Å². The molecule has 3 aromatic rings. The van der Waals surface area contributed by atoms with Crippen LogP contribution in [0.4, 0.5) is 4.39 Å². The fourth-order valence-electron chi connectivity index (χ4n) is 2.01. The molecule has 0 N–H and O–H groups in total. The highest BCUT2D eigenvalue weighted by atomic mass is 35.5. The first kappa shape index (κ1) is 13.3. The molecule has 0 radical (unpaired) electrons. The molecule has 20 heavy (non-hydrogen) atoms. The lowest BCUT2D eigenvalue weighted by atomic mass is 10.1. The minimum absolute atomic E-state index is 0.231. The van der Waals surface area contributed by atoms with Crippen molar-refractivity contribution in [2.75, 3.05) is 0 Å². The lowest BCUT2D eigenvalue weighted by molar-refractivity contribution is 0.628. The normalized spacial score (nSPS) is 10.8. The van der Waals surface area contributed by atoms with Crippen LogP contribution in [0.2, 0.25) is 5.02 Å². The molecule has 100 valence electrons. The summed E-state index contributed by atoms with van der Waals surface area (Å²) in [5.74, 6) is -0.231. The molecular formula is C16H11ClFNS. The summed E-state index contributed by atoms with van der Waals surface area (Å²) in [6.45, 7) is 1.96. The van der Waals surface area contributed by atoms with Crippen molar-refractivity contribution < 1.29 is 4.39 Å². The molecule has 1 nitrogen and oxygen atoms in total. The Kier molecular flexibility index (Phi) is 3.55. The predicted molar refractivity (Wildman–Crippen MR) is 82.7 cm³/mol. The second kappa shape index (κ2) is 5.35. The zero-order valence-electron chi connectivity index (χ0n) is 10.7. The van der Waals surface area contributed by atoms with Gasteiger partial charge in [-0.2, -0.15) is 0 Å². The Hall–Kier alpha value is -1.71. The number of thiazole rings is 1. The summed E-state index contributed by atoms with van der Waals surface area (Å²) in [6.07, 6.45) is 0. The monoisotopic (exact) mass is 303 g/mol. The summed E-state index contributed by atoms with van der Waals surface area (Å²) in [7, 11) is 0. The van der Waals surface area contributed by atoms with Gasteiger partial charge < -0.3 is 0 Å². The Labute approximate surface area is 125 Å². The molecule has 0 aliphatic heterocycles. The van der Waals surface area contributed by atoms with Crippen LogP contribution in [0.25, 0.3) is 21.0 Å². The summed E-state index contributed by atoms with van der Waals surface area (Å²) in [5, 5.41) is 1.61. The quantitative estimate of drug-likeness (QED) is 0.602. The predicted octanol–water partition coefficient (Wildman–Crippen LogP) is 5.58. The minimum atomic E-state index is -0.231. The van der Waals surface area contributed by atoms with E-state index < -0.39 is 0 Å². The summed E-state index contributed by atoms with van der Waals surface area (Å²) >= 11 is 7.60. The van der Waals surface area contributed by atoms with Gasteiger partial charge in [0.25, 0.3) is 0 Å². The molecular weight excluding hydrogens is 293 g/mol. The van der Waals surface area contributed by atoms with Crippen molar-refractivity contribution in [1.82, 2.24) is 4.98 Å². The largest absolute Gasteiger partial charge is 0.241 e. The number of aromatic nitrogens is 1. The molecule has 4 heteroatoms. The van der Waals surface area contributed by atoms with E-state index in [0.29, 0.717) is 5.02 Å². The molecule has 0 aliphatic carbocycles. The number of rotatable bonds is 2. The molecule has 3 rings (SSSR count). The van der Waals surface area contributed by atoms with E-state index >= 15 is 0 Å². The van der Waals surface area contributed by atoms with Crippen LogP contribution in [0.3, 0.4) is 0 Å². The minimum Gasteiger partial charge on any atom is -0.241 e. The number of nitrogens with zero attached hydrogens (tertiary/aromatic N) is 1. The third-order valence-electron chi connectivity index (χ3n) is 2.97. The van der Waals surface area contributed by atoms with E-state index in [0.717, 1.165) is 26.7 Å². The topological polar surface area (TPSA) is 12.9 Å². The zero-order valence-corrected chi connectivity index (χ0v) is 12.3. The van der Waals surface area contributed by atoms with Gasteiger partial charge in [0.1, 0.15) is 10.8 Å². The van der Waals surface area contributed by atoms with Crippen LogP contribution in [-0.2, 0) is 0 Å². The van der Waals surface area contributed by atoms with Crippen molar-refractivity contribution in [2.45, 2.75) is 6.92 Å². The van der Waals surface area contributed by atoms with Gasteiger partial charge in [0.05, 0.1) is 10.6 Å². The summed E-state index contributed by atoms with van der Waals surface area (Å²) in [4.78, 5) is 5.64. The summed E-state index contributed by atoms with van der Waals surface area (Å²) < 4.78 is 13.0. The Balaban J connectivity index is 2.05. The van der Waals surface area contributed by atoms with Gasteiger partial charge >= 0.3 is 0 Å². The molecule has 0 spiro atoms. The van der Waals surface area contributed by atoms with Crippen molar-refractivity contribution in [3.63, 3.8) is 0 Å². The second-order valence-electron chi connectivity index (χ2n) is 4.45. The Morgan fingerprint density at radius 3 is 2.50 bits per heavy atom. The zero-order chi connectivity index (χ0) is 14.1. The van der Waals surface area contributed by atoms with Crippen LogP contribution >= 0.6 is 22.9 Å². The highest BCUT2D eigenvalue weighted by Crippen LogP contribution is 2.35. The number of halogens is 2. The average molecular weight is 304 g/mol. The molecule has 0 saturated heterocycles. The highest BCUT2D eigenvalue weighted by molar-refractivity contribution is 7.18. The van der Waals surface area contributed by atoms with Gasteiger partial charge in [0.15, 0.2) is 0 Å². The Bertz CT molecular complexity index is 749. The van der Waals surface area contributed by atoms with Crippen molar-refractivity contribution in [3.8, 4) is 21.0 Å². The van der Waals surface area contributed by atoms with Gasteiger partial charge in [-0.1, -0.05) is 35.9 Å². The average Bonchev–Trinajstić information content (AvgIpc) is 2.82. The molecule has 0 bridgehead atoms. The maximum Gasteiger partial charge on any atom is 0.124 e. The lowest BCUT2D eigenvalue weighted by Crippen LogP contribution is -1.79. The van der Waals surface area contributed by atoms with Gasteiger partial charge in [0, 0.05) is 10.6 Å². The first-order valence-corrected chi connectivity index (χ1v) is 7.32. The van der Waals surface area contributed by atoms with Crippen molar-refractivity contribution >= 4 is 22.9 Å². The van der Waals surface area contributed by atoms with E-state index in [1.807, 2.05) is 31.2 Å². The van der Waals surface area contributed by atoms with E-state index in [1.165, 1.54) is 12.1 Å². The molecule has 0 saturated carbocycles. The standard InChI is InChI=1S/C16H11ClFNS/c1-10-15(11-5-7-14(18)8-6-11)20-16(19-10)12-3-2-4-13(17)9-12/h2-9H,1H3. The maximum absolute atomic E-state index is 13.0. The number of aryl methyl sites for hydroxylation is 1. The molecule has 2 aromatic carbocycles. The fourth-order valence-corrected chi connectivity index (χ4v) is 3.27. The maximum atomic E-state index is 13.0. The third-order valence-corrected chi connectivity index (χ3v) is 4.47. The van der Waals surface area contributed by atoms with Crippen molar-refractivity contribution in [1.29, 1.82) is 0 Å². The van der Waals surface area contributed by atoms with E-state index in [-0.39, 0.29) is 5.82 Å². The SMILES string of the molecule is Cc1nc(-c2cccc(Cl)c2)sc1-c1ccc(F)cc1. The van der Waals surface area contributed by atoms with Gasteiger partial charge in [-0.05, 0) is 36.8 Å². The smallest absolute Gasteiger partial charge is 0.124 e. The third kappa shape index (κ3) is 2.60. The number of hydrogen-bond donors (Lipinski definition) is 0. The van der Waals surface area contributed by atoms with Crippen LogP contribution in [0.1, 0.15) is 5.69 Å². The van der Waals surface area contributed by atoms with Gasteiger partial charge in [-0.25, -0.2) is 9.37 Å². The molecule has 1 aromatic heterocycles. The lowest BCUT2D eigenvalue weighted by Gasteiger charge is -1.98. The molecule has 0 fully saturated rings. The molecule has 0 amide bonds.